The lowest BCUT2D eigenvalue weighted by molar-refractivity contribution is -0.384. The van der Waals surface area contributed by atoms with Crippen LogP contribution in [-0.4, -0.2) is 36.0 Å². The number of rotatable bonds is 8. The molecular weight excluding hydrogens is 360 g/mol. The molecule has 146 valence electrons. The number of carbonyl (C=O) groups excluding carboxylic acids is 1. The molecule has 0 saturated heterocycles. The first-order valence-corrected chi connectivity index (χ1v) is 8.87. The van der Waals surface area contributed by atoms with Crippen molar-refractivity contribution in [2.45, 2.75) is 13.3 Å². The molecule has 0 radical (unpaired) electrons. The van der Waals surface area contributed by atoms with E-state index in [-0.39, 0.29) is 23.8 Å². The Morgan fingerprint density at radius 1 is 1.25 bits per heavy atom. The second-order valence-corrected chi connectivity index (χ2v) is 6.48. The zero-order valence-corrected chi connectivity index (χ0v) is 15.7. The number of nitrogens with zero attached hydrogens (tertiary/aromatic N) is 1. The number of hydrogen-bond donors (Lipinski definition) is 3. The van der Waals surface area contributed by atoms with Crippen LogP contribution in [0, 0.1) is 17.0 Å². The summed E-state index contributed by atoms with van der Waals surface area (Å²) >= 11 is 0. The zero-order chi connectivity index (χ0) is 20.1. The van der Waals surface area contributed by atoms with E-state index in [1.165, 1.54) is 41.8 Å². The molecular formula is C20H22N4O4. The van der Waals surface area contributed by atoms with Crippen LogP contribution in [0.5, 0.6) is 5.75 Å². The number of hydrogen-bond acceptors (Lipinski definition) is 5. The van der Waals surface area contributed by atoms with Crippen molar-refractivity contribution in [3.63, 3.8) is 0 Å². The molecule has 3 N–H and O–H groups in total. The summed E-state index contributed by atoms with van der Waals surface area (Å²) in [5, 5.41) is 17.8. The van der Waals surface area contributed by atoms with Gasteiger partial charge in [0, 0.05) is 29.2 Å². The van der Waals surface area contributed by atoms with Crippen molar-refractivity contribution in [2.24, 2.45) is 0 Å². The van der Waals surface area contributed by atoms with Crippen molar-refractivity contribution in [3.8, 4) is 5.75 Å². The number of ether oxygens (including phenoxy) is 1. The van der Waals surface area contributed by atoms with Crippen LogP contribution in [0.25, 0.3) is 10.9 Å². The van der Waals surface area contributed by atoms with Gasteiger partial charge in [-0.2, -0.15) is 0 Å². The molecule has 0 aliphatic rings. The Kier molecular flexibility index (Phi) is 5.90. The van der Waals surface area contributed by atoms with E-state index in [9.17, 15) is 14.9 Å². The fraction of sp³-hybridized carbons (Fsp3) is 0.250. The van der Waals surface area contributed by atoms with Crippen LogP contribution in [0.2, 0.25) is 0 Å². The third-order valence-corrected chi connectivity index (χ3v) is 4.45. The van der Waals surface area contributed by atoms with Crippen LogP contribution in [0.15, 0.2) is 42.6 Å². The van der Waals surface area contributed by atoms with Gasteiger partial charge in [0.2, 0.25) is 5.91 Å². The summed E-state index contributed by atoms with van der Waals surface area (Å²) in [5.41, 5.74) is 3.64. The number of amides is 1. The van der Waals surface area contributed by atoms with E-state index in [1.54, 1.807) is 0 Å². The van der Waals surface area contributed by atoms with Crippen molar-refractivity contribution >= 4 is 28.2 Å². The average molecular weight is 382 g/mol. The topological polar surface area (TPSA) is 109 Å². The first-order chi connectivity index (χ1) is 13.5. The number of aryl methyl sites for hydroxylation is 1. The summed E-state index contributed by atoms with van der Waals surface area (Å²) in [6.45, 7) is 2.77. The van der Waals surface area contributed by atoms with Gasteiger partial charge in [0.1, 0.15) is 5.75 Å². The van der Waals surface area contributed by atoms with Gasteiger partial charge < -0.3 is 20.4 Å². The van der Waals surface area contributed by atoms with Gasteiger partial charge in [0.25, 0.3) is 5.69 Å². The molecule has 0 saturated carbocycles. The first-order valence-electron chi connectivity index (χ1n) is 8.87. The number of nitrogens with one attached hydrogen (secondary N) is 3. The molecule has 1 aromatic heterocycles. The summed E-state index contributed by atoms with van der Waals surface area (Å²) < 4.78 is 5.14. The minimum atomic E-state index is -0.518. The summed E-state index contributed by atoms with van der Waals surface area (Å²) in [5.74, 6) is 0.0710. The van der Waals surface area contributed by atoms with Crippen molar-refractivity contribution in [1.29, 1.82) is 0 Å². The van der Waals surface area contributed by atoms with Gasteiger partial charge in [0.05, 0.1) is 24.3 Å². The summed E-state index contributed by atoms with van der Waals surface area (Å²) in [6.07, 6.45) is 2.76. The van der Waals surface area contributed by atoms with Crippen LogP contribution in [0.4, 0.5) is 11.4 Å². The highest BCUT2D eigenvalue weighted by Gasteiger charge is 2.13. The SMILES string of the molecule is COc1ccc([N+](=O)[O-])cc1NC(=O)CNCCc1c[nH]c2ccc(C)cc12. The average Bonchev–Trinajstić information content (AvgIpc) is 3.07. The van der Waals surface area contributed by atoms with Gasteiger partial charge in [-0.3, -0.25) is 14.9 Å². The molecule has 0 aliphatic carbocycles. The number of nitro groups is 1. The zero-order valence-electron chi connectivity index (χ0n) is 15.7. The van der Waals surface area contributed by atoms with Crippen molar-refractivity contribution in [2.75, 3.05) is 25.5 Å². The number of H-pyrrole nitrogens is 1. The fourth-order valence-corrected chi connectivity index (χ4v) is 3.03. The van der Waals surface area contributed by atoms with Gasteiger partial charge in [-0.1, -0.05) is 11.6 Å². The second kappa shape index (κ2) is 8.53. The van der Waals surface area contributed by atoms with Crippen LogP contribution in [0.3, 0.4) is 0 Å². The highest BCUT2D eigenvalue weighted by Crippen LogP contribution is 2.28. The van der Waals surface area contributed by atoms with Crippen LogP contribution in [-0.2, 0) is 11.2 Å². The normalized spacial score (nSPS) is 10.8. The molecule has 8 nitrogen and oxygen atoms in total. The van der Waals surface area contributed by atoms with E-state index in [2.05, 4.69) is 40.7 Å². The van der Waals surface area contributed by atoms with Gasteiger partial charge in [-0.15, -0.1) is 0 Å². The van der Waals surface area contributed by atoms with Crippen molar-refractivity contribution in [3.05, 3.63) is 63.8 Å². The van der Waals surface area contributed by atoms with E-state index in [0.29, 0.717) is 12.3 Å². The fourth-order valence-electron chi connectivity index (χ4n) is 3.03. The third kappa shape index (κ3) is 4.47. The standard InChI is InChI=1S/C20H22N4O4/c1-13-3-5-17-16(9-13)14(11-22-17)7-8-21-12-20(25)23-18-10-15(24(26)27)4-6-19(18)28-2/h3-6,9-11,21-22H,7-8,12H2,1-2H3,(H,23,25). The molecule has 0 atom stereocenters. The van der Waals surface area contributed by atoms with Crippen molar-refractivity contribution < 1.29 is 14.5 Å². The Hall–Kier alpha value is -3.39. The molecule has 0 bridgehead atoms. The van der Waals surface area contributed by atoms with Crippen LogP contribution >= 0.6 is 0 Å². The predicted octanol–water partition coefficient (Wildman–Crippen LogP) is 3.16. The Bertz CT molecular complexity index is 1010. The van der Waals surface area contributed by atoms with Crippen molar-refractivity contribution in [1.82, 2.24) is 10.3 Å². The quantitative estimate of drug-likeness (QED) is 0.315. The lowest BCUT2D eigenvalue weighted by atomic mass is 10.1. The third-order valence-electron chi connectivity index (χ3n) is 4.45. The number of anilines is 1. The van der Waals surface area contributed by atoms with E-state index >= 15 is 0 Å². The molecule has 0 unspecified atom stereocenters. The van der Waals surface area contributed by atoms with E-state index in [1.807, 2.05) is 6.20 Å². The van der Waals surface area contributed by atoms with Gasteiger partial charge in [0.15, 0.2) is 0 Å². The van der Waals surface area contributed by atoms with Gasteiger partial charge >= 0.3 is 0 Å². The lowest BCUT2D eigenvalue weighted by Crippen LogP contribution is -2.29. The largest absolute Gasteiger partial charge is 0.495 e. The number of methoxy groups -OCH3 is 1. The van der Waals surface area contributed by atoms with E-state index in [4.69, 9.17) is 4.74 Å². The number of benzene rings is 2. The van der Waals surface area contributed by atoms with Gasteiger partial charge in [-0.25, -0.2) is 0 Å². The maximum Gasteiger partial charge on any atom is 0.271 e. The summed E-state index contributed by atoms with van der Waals surface area (Å²) in [4.78, 5) is 25.8. The lowest BCUT2D eigenvalue weighted by Gasteiger charge is -2.10. The van der Waals surface area contributed by atoms with Crippen LogP contribution in [0.1, 0.15) is 11.1 Å². The molecule has 0 fully saturated rings. The summed E-state index contributed by atoms with van der Waals surface area (Å²) in [6, 6.07) is 10.3. The number of carbonyl (C=O) groups is 1. The highest BCUT2D eigenvalue weighted by atomic mass is 16.6. The molecule has 3 aromatic rings. The summed E-state index contributed by atoms with van der Waals surface area (Å²) in [7, 11) is 1.44. The molecule has 8 heteroatoms. The number of nitro benzene ring substituents is 1. The minimum absolute atomic E-state index is 0.0905. The molecule has 1 amide bonds. The monoisotopic (exact) mass is 382 g/mol. The van der Waals surface area contributed by atoms with Gasteiger partial charge in [-0.05, 0) is 43.7 Å². The first kappa shape index (κ1) is 19.4. The molecule has 0 spiro atoms. The number of fused-ring (bicyclic) bond motifs is 1. The number of aromatic amines is 1. The minimum Gasteiger partial charge on any atom is -0.495 e. The Morgan fingerprint density at radius 2 is 2.07 bits per heavy atom. The molecule has 3 rings (SSSR count). The maximum atomic E-state index is 12.2. The molecule has 1 heterocycles. The van der Waals surface area contributed by atoms with E-state index in [0.717, 1.165) is 11.9 Å². The Morgan fingerprint density at radius 3 is 2.82 bits per heavy atom. The molecule has 28 heavy (non-hydrogen) atoms. The Balaban J connectivity index is 1.54. The van der Waals surface area contributed by atoms with E-state index < -0.39 is 4.92 Å². The maximum absolute atomic E-state index is 12.2. The Labute approximate surface area is 162 Å². The smallest absolute Gasteiger partial charge is 0.271 e. The van der Waals surface area contributed by atoms with Crippen LogP contribution < -0.4 is 15.4 Å². The second-order valence-electron chi connectivity index (χ2n) is 6.48. The molecule has 2 aromatic carbocycles. The highest BCUT2D eigenvalue weighted by molar-refractivity contribution is 5.94. The number of non-ortho nitro benzene ring substituents is 1. The predicted molar refractivity (Wildman–Crippen MR) is 108 cm³/mol. The number of aromatic nitrogens is 1. The molecule has 0 aliphatic heterocycles.